The van der Waals surface area contributed by atoms with Crippen molar-refractivity contribution in [1.82, 2.24) is 0 Å². The van der Waals surface area contributed by atoms with Crippen molar-refractivity contribution in [2.75, 3.05) is 10.3 Å². The van der Waals surface area contributed by atoms with E-state index in [1.165, 1.54) is 17.0 Å². The summed E-state index contributed by atoms with van der Waals surface area (Å²) in [7, 11) is 0. The number of phenols is 1. The highest BCUT2D eigenvalue weighted by Crippen LogP contribution is 2.39. The van der Waals surface area contributed by atoms with E-state index in [2.05, 4.69) is 16.6 Å². The number of hydrogen-bond donors (Lipinski definition) is 3. The fourth-order valence-electron chi connectivity index (χ4n) is 4.35. The Morgan fingerprint density at radius 3 is 2.47 bits per heavy atom. The van der Waals surface area contributed by atoms with Crippen LogP contribution >= 0.6 is 0 Å². The molecule has 1 heterocycles. The summed E-state index contributed by atoms with van der Waals surface area (Å²) >= 11 is 0. The van der Waals surface area contributed by atoms with Gasteiger partial charge in [0.15, 0.2) is 5.71 Å². The molecule has 0 unspecified atom stereocenters. The van der Waals surface area contributed by atoms with E-state index in [1.807, 2.05) is 32.0 Å². The summed E-state index contributed by atoms with van der Waals surface area (Å²) in [5, 5.41) is 34.1. The smallest absolute Gasteiger partial charge is 0.335 e. The Morgan fingerprint density at radius 1 is 0.947 bits per heavy atom. The lowest BCUT2D eigenvalue weighted by atomic mass is 10.0. The topological polar surface area (TPSA) is 126 Å². The minimum Gasteiger partial charge on any atom is -0.505 e. The summed E-state index contributed by atoms with van der Waals surface area (Å²) in [6, 6.07) is 24.0. The van der Waals surface area contributed by atoms with Crippen LogP contribution < -0.4 is 10.3 Å². The third-order valence-electron chi connectivity index (χ3n) is 6.52. The van der Waals surface area contributed by atoms with Crippen molar-refractivity contribution in [3.63, 3.8) is 0 Å². The number of amides is 1. The Balaban J connectivity index is 1.54. The number of fused-ring (bicyclic) bond motifs is 1. The molecule has 0 saturated heterocycles. The normalized spacial score (nSPS) is 13.3. The predicted molar refractivity (Wildman–Crippen MR) is 145 cm³/mol. The Kier molecular flexibility index (Phi) is 6.11. The van der Waals surface area contributed by atoms with Gasteiger partial charge in [-0.15, -0.1) is 0 Å². The van der Waals surface area contributed by atoms with Gasteiger partial charge in [0.25, 0.3) is 5.91 Å². The van der Waals surface area contributed by atoms with E-state index in [0.717, 1.165) is 11.1 Å². The van der Waals surface area contributed by atoms with Gasteiger partial charge < -0.3 is 10.2 Å². The number of phenolic OH excluding ortho intramolecular Hbond substituents is 1. The van der Waals surface area contributed by atoms with Gasteiger partial charge in [0.05, 0.1) is 28.6 Å². The standard InChI is InChI=1S/C30H22N4O4/c1-17-9-11-22(13-18(17)2)34-26-14-19(16-31)10-12-24(26)27(29(34)36)33-32-25-8-4-7-23(28(25)35)20-5-3-6-21(15-20)30(37)38/h3-15,32,35H,1-2H3,(H,37,38). The number of aromatic hydroxyl groups is 1. The predicted octanol–water partition coefficient (Wildman–Crippen LogP) is 5.74. The van der Waals surface area contributed by atoms with E-state index < -0.39 is 5.97 Å². The first-order valence-electron chi connectivity index (χ1n) is 11.7. The number of anilines is 3. The van der Waals surface area contributed by atoms with Gasteiger partial charge in [0.2, 0.25) is 0 Å². The molecule has 4 aromatic rings. The van der Waals surface area contributed by atoms with Crippen molar-refractivity contribution < 1.29 is 19.8 Å². The number of aryl methyl sites for hydroxylation is 2. The fourth-order valence-corrected chi connectivity index (χ4v) is 4.35. The number of carbonyl (C=O) groups excluding carboxylic acids is 1. The van der Waals surface area contributed by atoms with E-state index in [0.29, 0.717) is 33.6 Å². The molecule has 1 amide bonds. The van der Waals surface area contributed by atoms with Crippen molar-refractivity contribution in [1.29, 1.82) is 5.26 Å². The Hall–Kier alpha value is -5.42. The molecule has 0 atom stereocenters. The minimum absolute atomic E-state index is 0.0943. The number of nitrogens with zero attached hydrogens (tertiary/aromatic N) is 3. The third-order valence-corrected chi connectivity index (χ3v) is 6.52. The van der Waals surface area contributed by atoms with Crippen LogP contribution in [0.5, 0.6) is 5.75 Å². The van der Waals surface area contributed by atoms with Crippen LogP contribution in [0, 0.1) is 25.2 Å². The first-order chi connectivity index (χ1) is 18.3. The summed E-state index contributed by atoms with van der Waals surface area (Å²) in [6.07, 6.45) is 0. The molecule has 4 aromatic carbocycles. The van der Waals surface area contributed by atoms with Crippen LogP contribution in [0.4, 0.5) is 17.1 Å². The molecule has 0 saturated carbocycles. The van der Waals surface area contributed by atoms with Gasteiger partial charge >= 0.3 is 5.97 Å². The molecule has 0 aliphatic carbocycles. The molecule has 8 heteroatoms. The first-order valence-corrected chi connectivity index (χ1v) is 11.7. The molecule has 8 nitrogen and oxygen atoms in total. The molecule has 0 fully saturated rings. The maximum Gasteiger partial charge on any atom is 0.335 e. The van der Waals surface area contributed by atoms with Gasteiger partial charge in [0, 0.05) is 16.8 Å². The molecule has 3 N–H and O–H groups in total. The molecule has 0 aromatic heterocycles. The number of rotatable bonds is 5. The zero-order chi connectivity index (χ0) is 27.0. The summed E-state index contributed by atoms with van der Waals surface area (Å²) in [4.78, 5) is 26.5. The summed E-state index contributed by atoms with van der Waals surface area (Å²) in [5.41, 5.74) is 8.45. The van der Waals surface area contributed by atoms with Gasteiger partial charge in [-0.1, -0.05) is 30.3 Å². The average molecular weight is 503 g/mol. The van der Waals surface area contributed by atoms with Crippen LogP contribution in [0.25, 0.3) is 11.1 Å². The fraction of sp³-hybridized carbons (Fsp3) is 0.0667. The van der Waals surface area contributed by atoms with E-state index in [1.54, 1.807) is 48.5 Å². The Labute approximate surface area is 218 Å². The summed E-state index contributed by atoms with van der Waals surface area (Å²) < 4.78 is 0. The quantitative estimate of drug-likeness (QED) is 0.236. The maximum absolute atomic E-state index is 13.6. The number of benzene rings is 4. The van der Waals surface area contributed by atoms with Gasteiger partial charge in [0.1, 0.15) is 5.75 Å². The van der Waals surface area contributed by atoms with E-state index in [-0.39, 0.29) is 28.6 Å². The summed E-state index contributed by atoms with van der Waals surface area (Å²) in [6.45, 7) is 3.95. The van der Waals surface area contributed by atoms with Crippen molar-refractivity contribution >= 4 is 34.7 Å². The van der Waals surface area contributed by atoms with Gasteiger partial charge in [-0.25, -0.2) is 4.79 Å². The lowest BCUT2D eigenvalue weighted by Gasteiger charge is -2.18. The number of carboxylic acids is 1. The lowest BCUT2D eigenvalue weighted by molar-refractivity contribution is -0.111. The highest BCUT2D eigenvalue weighted by atomic mass is 16.4. The van der Waals surface area contributed by atoms with Crippen LogP contribution in [-0.4, -0.2) is 27.8 Å². The number of nitrogens with one attached hydrogen (secondary N) is 1. The maximum atomic E-state index is 13.6. The van der Waals surface area contributed by atoms with E-state index >= 15 is 0 Å². The van der Waals surface area contributed by atoms with Crippen molar-refractivity contribution in [3.05, 3.63) is 107 Å². The monoisotopic (exact) mass is 502 g/mol. The second kappa shape index (κ2) is 9.56. The van der Waals surface area contributed by atoms with Gasteiger partial charge in [-0.3, -0.25) is 15.1 Å². The zero-order valence-electron chi connectivity index (χ0n) is 20.6. The van der Waals surface area contributed by atoms with Crippen LogP contribution in [0.2, 0.25) is 0 Å². The Bertz CT molecular complexity index is 1700. The van der Waals surface area contributed by atoms with Crippen molar-refractivity contribution in [3.8, 4) is 22.9 Å². The zero-order valence-corrected chi connectivity index (χ0v) is 20.6. The second-order valence-corrected chi connectivity index (χ2v) is 8.91. The van der Waals surface area contributed by atoms with E-state index in [4.69, 9.17) is 0 Å². The Morgan fingerprint density at radius 2 is 1.74 bits per heavy atom. The molecular weight excluding hydrogens is 480 g/mol. The first kappa shape index (κ1) is 24.3. The molecule has 0 bridgehead atoms. The number of nitriles is 1. The van der Waals surface area contributed by atoms with Crippen LogP contribution in [0.15, 0.2) is 84.0 Å². The number of hydrogen-bond acceptors (Lipinski definition) is 6. The molecule has 1 aliphatic rings. The largest absolute Gasteiger partial charge is 0.505 e. The van der Waals surface area contributed by atoms with Crippen LogP contribution in [-0.2, 0) is 4.79 Å². The highest BCUT2D eigenvalue weighted by Gasteiger charge is 2.36. The highest BCUT2D eigenvalue weighted by molar-refractivity contribution is 6.55. The molecule has 5 rings (SSSR count). The van der Waals surface area contributed by atoms with Gasteiger partial charge in [-0.05, 0) is 79.1 Å². The van der Waals surface area contributed by atoms with Gasteiger partial charge in [-0.2, -0.15) is 10.4 Å². The van der Waals surface area contributed by atoms with Crippen molar-refractivity contribution in [2.45, 2.75) is 13.8 Å². The third kappa shape index (κ3) is 4.22. The number of carboxylic acid groups (broad SMARTS) is 1. The number of aromatic carboxylic acids is 1. The van der Waals surface area contributed by atoms with Crippen LogP contribution in [0.3, 0.4) is 0 Å². The number of hydrazone groups is 1. The molecule has 0 radical (unpaired) electrons. The van der Waals surface area contributed by atoms with Crippen molar-refractivity contribution in [2.24, 2.45) is 5.10 Å². The number of para-hydroxylation sites is 1. The molecule has 186 valence electrons. The second-order valence-electron chi connectivity index (χ2n) is 8.91. The van der Waals surface area contributed by atoms with Crippen LogP contribution in [0.1, 0.15) is 32.6 Å². The average Bonchev–Trinajstić information content (AvgIpc) is 3.19. The molecule has 0 spiro atoms. The minimum atomic E-state index is -1.07. The van der Waals surface area contributed by atoms with E-state index in [9.17, 15) is 25.1 Å². The lowest BCUT2D eigenvalue weighted by Crippen LogP contribution is -2.26. The molecular formula is C30H22N4O4. The SMILES string of the molecule is Cc1ccc(N2C(=O)C(=NNc3cccc(-c4cccc(C(=O)O)c4)c3O)c3ccc(C#N)cc32)cc1C. The number of carbonyl (C=O) groups is 2. The summed E-state index contributed by atoms with van der Waals surface area (Å²) in [5.74, 6) is -1.59. The molecule has 38 heavy (non-hydrogen) atoms. The molecule has 1 aliphatic heterocycles.